The summed E-state index contributed by atoms with van der Waals surface area (Å²) in [5.74, 6) is 2.47. The van der Waals surface area contributed by atoms with Crippen molar-refractivity contribution in [2.75, 3.05) is 20.6 Å². The molecule has 152 valence electrons. The SMILES string of the molecule is CCNC(=NCc1ccc(F)c(CN(C)C)c1)NC1CCc2nc(C)nn2C1. The first-order valence-electron chi connectivity index (χ1n) is 9.81. The van der Waals surface area contributed by atoms with Gasteiger partial charge in [0.15, 0.2) is 5.96 Å². The second kappa shape index (κ2) is 9.14. The van der Waals surface area contributed by atoms with Crippen LogP contribution in [0.15, 0.2) is 23.2 Å². The first-order chi connectivity index (χ1) is 13.4. The number of nitrogens with one attached hydrogen (secondary N) is 2. The summed E-state index contributed by atoms with van der Waals surface area (Å²) in [6.07, 6.45) is 1.90. The molecule has 1 aliphatic heterocycles. The van der Waals surface area contributed by atoms with Crippen LogP contribution in [0.1, 0.15) is 36.1 Å². The lowest BCUT2D eigenvalue weighted by molar-refractivity contribution is 0.392. The van der Waals surface area contributed by atoms with Gasteiger partial charge in [0.05, 0.1) is 13.1 Å². The molecule has 1 unspecified atom stereocenters. The molecule has 0 amide bonds. The van der Waals surface area contributed by atoms with Crippen LogP contribution in [0, 0.1) is 12.7 Å². The second-order valence-electron chi connectivity index (χ2n) is 7.50. The van der Waals surface area contributed by atoms with Crippen LogP contribution < -0.4 is 10.6 Å². The average molecular weight is 388 g/mol. The van der Waals surface area contributed by atoms with Crippen LogP contribution in [0.4, 0.5) is 4.39 Å². The molecule has 3 rings (SSSR count). The Labute approximate surface area is 166 Å². The zero-order valence-corrected chi connectivity index (χ0v) is 17.2. The van der Waals surface area contributed by atoms with Gasteiger partial charge in [0.2, 0.25) is 0 Å². The third-order valence-electron chi connectivity index (χ3n) is 4.67. The van der Waals surface area contributed by atoms with Gasteiger partial charge in [0.1, 0.15) is 17.5 Å². The molecule has 0 bridgehead atoms. The molecule has 0 aliphatic carbocycles. The molecule has 1 atom stereocenters. The van der Waals surface area contributed by atoms with Crippen LogP contribution in [-0.2, 0) is 26.1 Å². The van der Waals surface area contributed by atoms with E-state index in [9.17, 15) is 4.39 Å². The van der Waals surface area contributed by atoms with Crippen molar-refractivity contribution in [3.63, 3.8) is 0 Å². The number of fused-ring (bicyclic) bond motifs is 1. The van der Waals surface area contributed by atoms with Crippen LogP contribution in [0.5, 0.6) is 0 Å². The smallest absolute Gasteiger partial charge is 0.191 e. The van der Waals surface area contributed by atoms with Gasteiger partial charge < -0.3 is 15.5 Å². The third-order valence-corrected chi connectivity index (χ3v) is 4.67. The average Bonchev–Trinajstić information content (AvgIpc) is 3.01. The van der Waals surface area contributed by atoms with E-state index in [1.54, 1.807) is 6.07 Å². The molecule has 1 aliphatic rings. The van der Waals surface area contributed by atoms with Crippen LogP contribution in [0.25, 0.3) is 0 Å². The van der Waals surface area contributed by atoms with E-state index in [-0.39, 0.29) is 11.9 Å². The maximum absolute atomic E-state index is 14.0. The van der Waals surface area contributed by atoms with E-state index in [1.165, 1.54) is 6.07 Å². The number of aliphatic imine (C=N–C) groups is 1. The van der Waals surface area contributed by atoms with Gasteiger partial charge in [-0.1, -0.05) is 6.07 Å². The van der Waals surface area contributed by atoms with Crippen molar-refractivity contribution in [3.8, 4) is 0 Å². The zero-order chi connectivity index (χ0) is 20.1. The molecule has 0 fully saturated rings. The summed E-state index contributed by atoms with van der Waals surface area (Å²) in [5, 5.41) is 11.3. The van der Waals surface area contributed by atoms with Gasteiger partial charge in [0, 0.05) is 31.1 Å². The van der Waals surface area contributed by atoms with Crippen molar-refractivity contribution in [2.45, 2.75) is 52.4 Å². The molecule has 0 radical (unpaired) electrons. The fraction of sp³-hybridized carbons (Fsp3) is 0.550. The number of rotatable bonds is 6. The number of hydrogen-bond acceptors (Lipinski definition) is 4. The molecule has 1 aromatic heterocycles. The van der Waals surface area contributed by atoms with Crippen molar-refractivity contribution < 1.29 is 4.39 Å². The van der Waals surface area contributed by atoms with E-state index < -0.39 is 0 Å². The zero-order valence-electron chi connectivity index (χ0n) is 17.2. The van der Waals surface area contributed by atoms with E-state index in [0.29, 0.717) is 18.7 Å². The Balaban J connectivity index is 1.66. The monoisotopic (exact) mass is 387 g/mol. The van der Waals surface area contributed by atoms with Crippen LogP contribution in [-0.4, -0.2) is 52.3 Å². The maximum atomic E-state index is 14.0. The largest absolute Gasteiger partial charge is 0.357 e. The summed E-state index contributed by atoms with van der Waals surface area (Å²) >= 11 is 0. The van der Waals surface area contributed by atoms with Crippen LogP contribution in [0.3, 0.4) is 0 Å². The molecule has 2 aromatic rings. The van der Waals surface area contributed by atoms with E-state index in [1.807, 2.05) is 43.6 Å². The molecule has 0 saturated heterocycles. The van der Waals surface area contributed by atoms with Crippen molar-refractivity contribution >= 4 is 5.96 Å². The highest BCUT2D eigenvalue weighted by Crippen LogP contribution is 2.14. The lowest BCUT2D eigenvalue weighted by Gasteiger charge is -2.25. The van der Waals surface area contributed by atoms with Crippen molar-refractivity contribution in [3.05, 3.63) is 46.8 Å². The van der Waals surface area contributed by atoms with Gasteiger partial charge in [0.25, 0.3) is 0 Å². The predicted molar refractivity (Wildman–Crippen MR) is 109 cm³/mol. The van der Waals surface area contributed by atoms with E-state index in [2.05, 4.69) is 20.7 Å². The molecular weight excluding hydrogens is 357 g/mol. The summed E-state index contributed by atoms with van der Waals surface area (Å²) in [6, 6.07) is 5.48. The summed E-state index contributed by atoms with van der Waals surface area (Å²) < 4.78 is 16.0. The lowest BCUT2D eigenvalue weighted by atomic mass is 10.1. The topological polar surface area (TPSA) is 70.4 Å². The van der Waals surface area contributed by atoms with E-state index in [0.717, 1.165) is 49.1 Å². The number of benzene rings is 1. The van der Waals surface area contributed by atoms with Gasteiger partial charge in [-0.2, -0.15) is 5.10 Å². The Morgan fingerprint density at radius 2 is 2.21 bits per heavy atom. The number of aryl methyl sites for hydroxylation is 2. The molecular formula is C20H30FN7. The molecule has 0 spiro atoms. The van der Waals surface area contributed by atoms with Crippen molar-refractivity contribution in [2.24, 2.45) is 4.99 Å². The highest BCUT2D eigenvalue weighted by atomic mass is 19.1. The minimum atomic E-state index is -0.174. The quantitative estimate of drug-likeness (QED) is 0.585. The van der Waals surface area contributed by atoms with E-state index in [4.69, 9.17) is 4.99 Å². The Hall–Kier alpha value is -2.48. The van der Waals surface area contributed by atoms with Crippen molar-refractivity contribution in [1.82, 2.24) is 30.3 Å². The fourth-order valence-electron chi connectivity index (χ4n) is 3.42. The second-order valence-corrected chi connectivity index (χ2v) is 7.50. The first kappa shape index (κ1) is 20.3. The lowest BCUT2D eigenvalue weighted by Crippen LogP contribution is -2.47. The Morgan fingerprint density at radius 3 is 2.96 bits per heavy atom. The van der Waals surface area contributed by atoms with Crippen LogP contribution >= 0.6 is 0 Å². The molecule has 8 heteroatoms. The minimum Gasteiger partial charge on any atom is -0.357 e. The van der Waals surface area contributed by atoms with Gasteiger partial charge in [-0.25, -0.2) is 19.0 Å². The van der Waals surface area contributed by atoms with Crippen LogP contribution in [0.2, 0.25) is 0 Å². The highest BCUT2D eigenvalue weighted by Gasteiger charge is 2.21. The third kappa shape index (κ3) is 5.28. The Morgan fingerprint density at radius 1 is 1.39 bits per heavy atom. The molecule has 0 saturated carbocycles. The first-order valence-corrected chi connectivity index (χ1v) is 9.81. The number of nitrogens with zero attached hydrogens (tertiary/aromatic N) is 5. The molecule has 7 nitrogen and oxygen atoms in total. The molecule has 2 N–H and O–H groups in total. The molecule has 2 heterocycles. The van der Waals surface area contributed by atoms with Gasteiger partial charge in [-0.15, -0.1) is 0 Å². The maximum Gasteiger partial charge on any atom is 0.191 e. The highest BCUT2D eigenvalue weighted by molar-refractivity contribution is 5.80. The predicted octanol–water partition coefficient (Wildman–Crippen LogP) is 1.86. The number of hydrogen-bond donors (Lipinski definition) is 2. The number of halogens is 1. The van der Waals surface area contributed by atoms with Gasteiger partial charge >= 0.3 is 0 Å². The molecule has 1 aromatic carbocycles. The van der Waals surface area contributed by atoms with Gasteiger partial charge in [-0.3, -0.25) is 0 Å². The van der Waals surface area contributed by atoms with Gasteiger partial charge in [-0.05, 0) is 52.1 Å². The van der Waals surface area contributed by atoms with Crippen molar-refractivity contribution in [1.29, 1.82) is 0 Å². The Bertz CT molecular complexity index is 828. The normalized spacial score (nSPS) is 16.9. The fourth-order valence-corrected chi connectivity index (χ4v) is 3.42. The Kier molecular flexibility index (Phi) is 6.61. The number of aromatic nitrogens is 3. The summed E-state index contributed by atoms with van der Waals surface area (Å²) in [7, 11) is 3.87. The number of guanidine groups is 1. The standard InChI is InChI=1S/C20H30FN7/c1-5-22-20(25-17-7-9-19-24-14(2)26-28(19)13-17)23-11-15-6-8-18(21)16(10-15)12-27(3)4/h6,8,10,17H,5,7,9,11-13H2,1-4H3,(H2,22,23,25). The summed E-state index contributed by atoms with van der Waals surface area (Å²) in [6.45, 7) is 6.60. The summed E-state index contributed by atoms with van der Waals surface area (Å²) in [4.78, 5) is 11.1. The minimum absolute atomic E-state index is 0.174. The summed E-state index contributed by atoms with van der Waals surface area (Å²) in [5.41, 5.74) is 1.69. The van der Waals surface area contributed by atoms with E-state index >= 15 is 0 Å². The molecule has 28 heavy (non-hydrogen) atoms.